The molecule has 20 heavy (non-hydrogen) atoms. The van der Waals surface area contributed by atoms with Crippen LogP contribution in [0.15, 0.2) is 28.7 Å². The van der Waals surface area contributed by atoms with E-state index in [9.17, 15) is 0 Å². The molecule has 1 N–H and O–H groups in total. The highest BCUT2D eigenvalue weighted by atomic mass is 79.9. The third-order valence-electron chi connectivity index (χ3n) is 3.67. The van der Waals surface area contributed by atoms with Gasteiger partial charge in [-0.2, -0.15) is 0 Å². The molecule has 3 rings (SSSR count). The lowest BCUT2D eigenvalue weighted by molar-refractivity contribution is 0.596. The van der Waals surface area contributed by atoms with E-state index in [0.29, 0.717) is 6.04 Å². The summed E-state index contributed by atoms with van der Waals surface area (Å²) in [7, 11) is 0. The Morgan fingerprint density at radius 2 is 2.05 bits per heavy atom. The number of aromatic nitrogens is 1. The smallest absolute Gasteiger partial charge is 0.115 e. The summed E-state index contributed by atoms with van der Waals surface area (Å²) in [5, 5.41) is 4.94. The molecular formula is C16H19BrN2S. The van der Waals surface area contributed by atoms with Crippen LogP contribution < -0.4 is 5.32 Å². The third kappa shape index (κ3) is 3.13. The molecule has 106 valence electrons. The second-order valence-corrected chi connectivity index (χ2v) is 7.48. The highest BCUT2D eigenvalue weighted by molar-refractivity contribution is 9.10. The fourth-order valence-electron chi connectivity index (χ4n) is 2.35. The van der Waals surface area contributed by atoms with Crippen molar-refractivity contribution < 1.29 is 0 Å². The normalized spacial score (nSPS) is 16.4. The molecule has 0 spiro atoms. The topological polar surface area (TPSA) is 24.9 Å². The minimum atomic E-state index is 0.236. The number of nitrogens with one attached hydrogen (secondary N) is 1. The zero-order valence-electron chi connectivity index (χ0n) is 11.8. The van der Waals surface area contributed by atoms with Crippen LogP contribution in [0, 0.1) is 6.92 Å². The van der Waals surface area contributed by atoms with E-state index in [1.165, 1.54) is 34.0 Å². The SMILES string of the molecule is CCc1nc(C(NC2CC2)c2ccc(Br)cc2)sc1C. The van der Waals surface area contributed by atoms with Crippen LogP contribution in [-0.2, 0) is 6.42 Å². The van der Waals surface area contributed by atoms with Crippen LogP contribution in [0.25, 0.3) is 0 Å². The lowest BCUT2D eigenvalue weighted by atomic mass is 10.1. The van der Waals surface area contributed by atoms with Crippen molar-refractivity contribution in [2.24, 2.45) is 0 Å². The van der Waals surface area contributed by atoms with Gasteiger partial charge < -0.3 is 5.32 Å². The van der Waals surface area contributed by atoms with E-state index in [-0.39, 0.29) is 6.04 Å². The summed E-state index contributed by atoms with van der Waals surface area (Å²) in [6.07, 6.45) is 3.59. The van der Waals surface area contributed by atoms with Crippen LogP contribution in [0.5, 0.6) is 0 Å². The van der Waals surface area contributed by atoms with Gasteiger partial charge in [-0.05, 0) is 43.9 Å². The van der Waals surface area contributed by atoms with Crippen molar-refractivity contribution in [2.45, 2.75) is 45.2 Å². The Labute approximate surface area is 132 Å². The molecule has 1 aliphatic rings. The van der Waals surface area contributed by atoms with Crippen LogP contribution in [0.1, 0.15) is 46.9 Å². The molecule has 4 heteroatoms. The van der Waals surface area contributed by atoms with E-state index in [0.717, 1.165) is 10.9 Å². The van der Waals surface area contributed by atoms with Gasteiger partial charge in [-0.25, -0.2) is 4.98 Å². The molecule has 1 aromatic heterocycles. The van der Waals surface area contributed by atoms with Gasteiger partial charge >= 0.3 is 0 Å². The summed E-state index contributed by atoms with van der Waals surface area (Å²) in [6.45, 7) is 4.35. The number of nitrogens with zero attached hydrogens (tertiary/aromatic N) is 1. The van der Waals surface area contributed by atoms with E-state index in [1.807, 2.05) is 11.3 Å². The van der Waals surface area contributed by atoms with Gasteiger partial charge in [-0.1, -0.05) is 35.0 Å². The van der Waals surface area contributed by atoms with Gasteiger partial charge in [0.05, 0.1) is 11.7 Å². The minimum absolute atomic E-state index is 0.236. The average molecular weight is 351 g/mol. The summed E-state index contributed by atoms with van der Waals surface area (Å²) < 4.78 is 1.12. The van der Waals surface area contributed by atoms with Crippen LogP contribution >= 0.6 is 27.3 Å². The van der Waals surface area contributed by atoms with Gasteiger partial charge in [0.2, 0.25) is 0 Å². The van der Waals surface area contributed by atoms with Gasteiger partial charge in [0, 0.05) is 15.4 Å². The van der Waals surface area contributed by atoms with Gasteiger partial charge in [-0.15, -0.1) is 11.3 Å². The summed E-state index contributed by atoms with van der Waals surface area (Å²) in [4.78, 5) is 6.20. The first-order valence-corrected chi connectivity index (χ1v) is 8.76. The van der Waals surface area contributed by atoms with Gasteiger partial charge in [0.1, 0.15) is 5.01 Å². The largest absolute Gasteiger partial charge is 0.301 e. The number of rotatable bonds is 5. The molecule has 0 amide bonds. The Balaban J connectivity index is 1.93. The monoisotopic (exact) mass is 350 g/mol. The Kier molecular flexibility index (Phi) is 4.24. The molecule has 0 bridgehead atoms. The highest BCUT2D eigenvalue weighted by Crippen LogP contribution is 2.32. The van der Waals surface area contributed by atoms with E-state index >= 15 is 0 Å². The van der Waals surface area contributed by atoms with Crippen molar-refractivity contribution in [3.8, 4) is 0 Å². The predicted octanol–water partition coefficient (Wildman–Crippen LogP) is 4.62. The number of hydrogen-bond donors (Lipinski definition) is 1. The first-order chi connectivity index (χ1) is 9.67. The van der Waals surface area contributed by atoms with Gasteiger partial charge in [-0.3, -0.25) is 0 Å². The van der Waals surface area contributed by atoms with Crippen molar-refractivity contribution in [1.82, 2.24) is 10.3 Å². The summed E-state index contributed by atoms with van der Waals surface area (Å²) in [6, 6.07) is 9.49. The molecule has 1 atom stereocenters. The highest BCUT2D eigenvalue weighted by Gasteiger charge is 2.28. The van der Waals surface area contributed by atoms with Crippen LogP contribution in [0.3, 0.4) is 0 Å². The van der Waals surface area contributed by atoms with Gasteiger partial charge in [0.15, 0.2) is 0 Å². The van der Waals surface area contributed by atoms with Crippen LogP contribution in [-0.4, -0.2) is 11.0 Å². The maximum atomic E-state index is 4.85. The fraction of sp³-hybridized carbons (Fsp3) is 0.438. The molecule has 1 fully saturated rings. The first-order valence-electron chi connectivity index (χ1n) is 7.15. The van der Waals surface area contributed by atoms with Gasteiger partial charge in [0.25, 0.3) is 0 Å². The molecule has 0 aliphatic heterocycles. The molecular weight excluding hydrogens is 332 g/mol. The molecule has 1 unspecified atom stereocenters. The molecule has 0 saturated heterocycles. The fourth-order valence-corrected chi connectivity index (χ4v) is 3.72. The Morgan fingerprint density at radius 1 is 1.35 bits per heavy atom. The summed E-state index contributed by atoms with van der Waals surface area (Å²) in [5.41, 5.74) is 2.54. The number of benzene rings is 1. The Morgan fingerprint density at radius 3 is 2.60 bits per heavy atom. The van der Waals surface area contributed by atoms with Crippen molar-refractivity contribution in [3.63, 3.8) is 0 Å². The molecule has 2 nitrogen and oxygen atoms in total. The summed E-state index contributed by atoms with van der Waals surface area (Å²) in [5.74, 6) is 0. The van der Waals surface area contributed by atoms with E-state index in [4.69, 9.17) is 4.98 Å². The second-order valence-electron chi connectivity index (χ2n) is 5.33. The molecule has 1 saturated carbocycles. The maximum Gasteiger partial charge on any atom is 0.115 e. The lowest BCUT2D eigenvalue weighted by Crippen LogP contribution is -2.24. The second kappa shape index (κ2) is 5.96. The standard InChI is InChI=1S/C16H19BrN2S/c1-3-14-10(2)20-16(19-14)15(18-13-8-9-13)11-4-6-12(17)7-5-11/h4-7,13,15,18H,3,8-9H2,1-2H3. The average Bonchev–Trinajstić information content (AvgIpc) is 3.19. The zero-order chi connectivity index (χ0) is 14.1. The van der Waals surface area contributed by atoms with Crippen molar-refractivity contribution >= 4 is 27.3 Å². The number of hydrogen-bond acceptors (Lipinski definition) is 3. The molecule has 1 aromatic carbocycles. The quantitative estimate of drug-likeness (QED) is 0.850. The number of thiazole rings is 1. The van der Waals surface area contributed by atoms with Crippen LogP contribution in [0.4, 0.5) is 0 Å². The molecule has 1 heterocycles. The lowest BCUT2D eigenvalue weighted by Gasteiger charge is -2.16. The Bertz CT molecular complexity index is 587. The summed E-state index contributed by atoms with van der Waals surface area (Å²) >= 11 is 5.34. The van der Waals surface area contributed by atoms with Crippen LogP contribution in [0.2, 0.25) is 0 Å². The first kappa shape index (κ1) is 14.2. The Hall–Kier alpha value is -0.710. The van der Waals surface area contributed by atoms with Crippen molar-refractivity contribution in [2.75, 3.05) is 0 Å². The van der Waals surface area contributed by atoms with E-state index in [1.54, 1.807) is 0 Å². The predicted molar refractivity (Wildman–Crippen MR) is 88.4 cm³/mol. The minimum Gasteiger partial charge on any atom is -0.301 e. The zero-order valence-corrected chi connectivity index (χ0v) is 14.2. The number of aryl methyl sites for hydroxylation is 2. The molecule has 0 radical (unpaired) electrons. The maximum absolute atomic E-state index is 4.85. The van der Waals surface area contributed by atoms with E-state index < -0.39 is 0 Å². The van der Waals surface area contributed by atoms with Crippen molar-refractivity contribution in [3.05, 3.63) is 49.9 Å². The number of halogens is 1. The molecule has 2 aromatic rings. The molecule has 1 aliphatic carbocycles. The third-order valence-corrected chi connectivity index (χ3v) is 5.28. The van der Waals surface area contributed by atoms with E-state index in [2.05, 4.69) is 59.4 Å². The van der Waals surface area contributed by atoms with Crippen molar-refractivity contribution in [1.29, 1.82) is 0 Å².